The van der Waals surface area contributed by atoms with Gasteiger partial charge in [-0.1, -0.05) is 34.6 Å². The van der Waals surface area contributed by atoms with Gasteiger partial charge in [-0.3, -0.25) is 9.36 Å². The van der Waals surface area contributed by atoms with Crippen LogP contribution >= 0.6 is 0 Å². The van der Waals surface area contributed by atoms with E-state index in [0.29, 0.717) is 35.9 Å². The van der Waals surface area contributed by atoms with Gasteiger partial charge in [0.2, 0.25) is 11.7 Å². The number of rotatable bonds is 7. The van der Waals surface area contributed by atoms with Crippen molar-refractivity contribution in [2.45, 2.75) is 20.0 Å². The number of aromatic nitrogens is 7. The van der Waals surface area contributed by atoms with Crippen molar-refractivity contribution in [3.63, 3.8) is 0 Å². The van der Waals surface area contributed by atoms with Crippen LogP contribution in [0.1, 0.15) is 18.4 Å². The Morgan fingerprint density at radius 2 is 1.91 bits per heavy atom. The summed E-state index contributed by atoms with van der Waals surface area (Å²) in [6.07, 6.45) is 1.38. The molecule has 0 aliphatic heterocycles. The van der Waals surface area contributed by atoms with E-state index in [1.54, 1.807) is 12.1 Å². The first kappa shape index (κ1) is 20.5. The molecule has 3 aromatic heterocycles. The van der Waals surface area contributed by atoms with Gasteiger partial charge in [-0.05, 0) is 36.8 Å². The smallest absolute Gasteiger partial charge is 0.283 e. The van der Waals surface area contributed by atoms with Crippen LogP contribution in [0, 0.1) is 5.82 Å². The van der Waals surface area contributed by atoms with Crippen LogP contribution in [0.25, 0.3) is 22.6 Å². The first-order valence-electron chi connectivity index (χ1n) is 10.2. The summed E-state index contributed by atoms with van der Waals surface area (Å²) >= 11 is 0. The lowest BCUT2D eigenvalue weighted by molar-refractivity contribution is 0.340. The van der Waals surface area contributed by atoms with Crippen LogP contribution < -0.4 is 10.3 Å². The molecular formula is C22H18FN7O3. The summed E-state index contributed by atoms with van der Waals surface area (Å²) in [4.78, 5) is 21.6. The fourth-order valence-electron chi connectivity index (χ4n) is 3.38. The highest BCUT2D eigenvalue weighted by molar-refractivity contribution is 5.68. The van der Waals surface area contributed by atoms with Crippen molar-refractivity contribution in [1.29, 1.82) is 0 Å². The molecule has 5 aromatic rings. The van der Waals surface area contributed by atoms with Crippen LogP contribution in [0.3, 0.4) is 0 Å². The highest BCUT2D eigenvalue weighted by atomic mass is 19.1. The van der Waals surface area contributed by atoms with Gasteiger partial charge in [-0.15, -0.1) is 5.10 Å². The van der Waals surface area contributed by atoms with Crippen LogP contribution in [-0.2, 0) is 13.1 Å². The number of hydrogen-bond acceptors (Lipinski definition) is 8. The van der Waals surface area contributed by atoms with Gasteiger partial charge in [0.25, 0.3) is 5.56 Å². The number of ether oxygens (including phenoxy) is 1. The minimum atomic E-state index is -0.389. The molecule has 0 N–H and O–H groups in total. The summed E-state index contributed by atoms with van der Waals surface area (Å²) in [6.45, 7) is 2.73. The molecule has 0 atom stereocenters. The van der Waals surface area contributed by atoms with E-state index in [0.717, 1.165) is 5.56 Å². The van der Waals surface area contributed by atoms with Crippen LogP contribution in [0.4, 0.5) is 4.39 Å². The molecule has 0 radical (unpaired) electrons. The summed E-state index contributed by atoms with van der Waals surface area (Å²) in [6, 6.07) is 13.4. The van der Waals surface area contributed by atoms with E-state index >= 15 is 0 Å². The van der Waals surface area contributed by atoms with Gasteiger partial charge in [0.1, 0.15) is 24.4 Å². The van der Waals surface area contributed by atoms with Crippen molar-refractivity contribution in [1.82, 2.24) is 34.7 Å². The summed E-state index contributed by atoms with van der Waals surface area (Å²) in [7, 11) is 0. The van der Waals surface area contributed by atoms with Crippen LogP contribution in [0.15, 0.2) is 64.2 Å². The van der Waals surface area contributed by atoms with Crippen molar-refractivity contribution < 1.29 is 13.7 Å². The molecular weight excluding hydrogens is 429 g/mol. The molecule has 33 heavy (non-hydrogen) atoms. The predicted molar refractivity (Wildman–Crippen MR) is 115 cm³/mol. The van der Waals surface area contributed by atoms with Crippen molar-refractivity contribution in [2.24, 2.45) is 0 Å². The highest BCUT2D eigenvalue weighted by Crippen LogP contribution is 2.27. The van der Waals surface area contributed by atoms with Crippen LogP contribution in [0.2, 0.25) is 0 Å². The van der Waals surface area contributed by atoms with Gasteiger partial charge in [0.15, 0.2) is 11.2 Å². The maximum atomic E-state index is 13.1. The molecule has 0 saturated carbocycles. The van der Waals surface area contributed by atoms with E-state index < -0.39 is 0 Å². The second-order valence-electron chi connectivity index (χ2n) is 7.16. The minimum absolute atomic E-state index is 0.0242. The second kappa shape index (κ2) is 8.61. The lowest BCUT2D eigenvalue weighted by Crippen LogP contribution is -2.21. The monoisotopic (exact) mass is 447 g/mol. The van der Waals surface area contributed by atoms with E-state index in [9.17, 15) is 9.18 Å². The van der Waals surface area contributed by atoms with Gasteiger partial charge in [0.05, 0.1) is 18.7 Å². The first-order chi connectivity index (χ1) is 16.1. The first-order valence-corrected chi connectivity index (χ1v) is 10.2. The molecule has 0 bridgehead atoms. The van der Waals surface area contributed by atoms with Gasteiger partial charge in [-0.2, -0.15) is 4.98 Å². The number of nitrogens with zero attached hydrogens (tertiary/aromatic N) is 7. The van der Waals surface area contributed by atoms with Crippen molar-refractivity contribution in [2.75, 3.05) is 6.61 Å². The van der Waals surface area contributed by atoms with Gasteiger partial charge in [0, 0.05) is 0 Å². The lowest BCUT2D eigenvalue weighted by atomic mass is 10.2. The lowest BCUT2D eigenvalue weighted by Gasteiger charge is -2.06. The molecule has 0 spiro atoms. The maximum Gasteiger partial charge on any atom is 0.283 e. The summed E-state index contributed by atoms with van der Waals surface area (Å²) < 4.78 is 26.9. The molecule has 0 saturated heterocycles. The number of hydrogen-bond donors (Lipinski definition) is 0. The largest absolute Gasteiger partial charge is 0.493 e. The minimum Gasteiger partial charge on any atom is -0.493 e. The van der Waals surface area contributed by atoms with Crippen LogP contribution in [0.5, 0.6) is 5.75 Å². The Hall–Kier alpha value is -4.41. The summed E-state index contributed by atoms with van der Waals surface area (Å²) in [5.74, 6) is 0.916. The number of halogens is 1. The third-order valence-electron chi connectivity index (χ3n) is 4.94. The topological polar surface area (TPSA) is 114 Å². The van der Waals surface area contributed by atoms with E-state index in [2.05, 4.69) is 25.4 Å². The average molecular weight is 447 g/mol. The van der Waals surface area contributed by atoms with Crippen molar-refractivity contribution >= 4 is 11.2 Å². The van der Waals surface area contributed by atoms with E-state index in [1.807, 2.05) is 31.2 Å². The van der Waals surface area contributed by atoms with Crippen LogP contribution in [-0.4, -0.2) is 41.3 Å². The van der Waals surface area contributed by atoms with E-state index in [4.69, 9.17) is 9.26 Å². The SMILES string of the molecule is CCOc1ccccc1-c1noc(Cn2cnc3c(nnn3Cc3ccc(F)cc3)c2=O)n1. The molecule has 0 unspecified atom stereocenters. The maximum absolute atomic E-state index is 13.1. The zero-order valence-electron chi connectivity index (χ0n) is 17.6. The summed E-state index contributed by atoms with van der Waals surface area (Å²) in [5.41, 5.74) is 1.55. The van der Waals surface area contributed by atoms with Gasteiger partial charge < -0.3 is 9.26 Å². The number of benzene rings is 2. The fourth-order valence-corrected chi connectivity index (χ4v) is 3.38. The Labute approximate surface area is 186 Å². The Balaban J connectivity index is 1.40. The molecule has 2 aromatic carbocycles. The Bertz CT molecular complexity index is 1470. The highest BCUT2D eigenvalue weighted by Gasteiger charge is 2.16. The molecule has 0 aliphatic carbocycles. The van der Waals surface area contributed by atoms with E-state index in [1.165, 1.54) is 27.7 Å². The number of fused-ring (bicyclic) bond motifs is 1. The molecule has 10 nitrogen and oxygen atoms in total. The standard InChI is InChI=1S/C22H18FN7O3/c1-2-32-17-6-4-3-5-16(17)20-25-18(33-27-20)12-29-13-24-21-19(22(29)31)26-28-30(21)11-14-7-9-15(23)10-8-14/h3-10,13H,2,11-12H2,1H3. The van der Waals surface area contributed by atoms with Gasteiger partial charge in [-0.25, -0.2) is 14.1 Å². The Kier molecular flexibility index (Phi) is 5.35. The quantitative estimate of drug-likeness (QED) is 0.374. The third kappa shape index (κ3) is 4.07. The van der Waals surface area contributed by atoms with Crippen molar-refractivity contribution in [3.8, 4) is 17.1 Å². The normalized spacial score (nSPS) is 11.2. The van der Waals surface area contributed by atoms with Crippen molar-refractivity contribution in [3.05, 3.63) is 82.5 Å². The second-order valence-corrected chi connectivity index (χ2v) is 7.16. The third-order valence-corrected chi connectivity index (χ3v) is 4.94. The molecule has 5 rings (SSSR count). The average Bonchev–Trinajstić information content (AvgIpc) is 3.45. The van der Waals surface area contributed by atoms with Gasteiger partial charge >= 0.3 is 0 Å². The molecule has 3 heterocycles. The Morgan fingerprint density at radius 1 is 1.09 bits per heavy atom. The number of para-hydroxylation sites is 1. The zero-order chi connectivity index (χ0) is 22.8. The molecule has 166 valence electrons. The molecule has 0 aliphatic rings. The summed E-state index contributed by atoms with van der Waals surface area (Å²) in [5, 5.41) is 12.0. The Morgan fingerprint density at radius 3 is 2.73 bits per heavy atom. The molecule has 0 fully saturated rings. The predicted octanol–water partition coefficient (Wildman–Crippen LogP) is 2.67. The fraction of sp³-hybridized carbons (Fsp3) is 0.182. The molecule has 0 amide bonds. The molecule has 11 heteroatoms. The van der Waals surface area contributed by atoms with E-state index in [-0.39, 0.29) is 29.3 Å². The zero-order valence-corrected chi connectivity index (χ0v) is 17.6.